The molecule has 7 nitrogen and oxygen atoms in total. The standard InChI is InChI=1S/C18H23N3O4S/c1-3-24-15-6-8-17(9-7-15)26(22,23)21-12-4-5-16(13-21)25-18-10-11-19-14(2)20-18/h6-11,16H,3-5,12-13H2,1-2H3. The molecule has 1 aliphatic rings. The monoisotopic (exact) mass is 377 g/mol. The van der Waals surface area contributed by atoms with Crippen molar-refractivity contribution in [1.29, 1.82) is 0 Å². The molecule has 1 fully saturated rings. The van der Waals surface area contributed by atoms with Gasteiger partial charge >= 0.3 is 0 Å². The minimum absolute atomic E-state index is 0.226. The molecule has 1 aliphatic heterocycles. The minimum atomic E-state index is -3.56. The lowest BCUT2D eigenvalue weighted by atomic mass is 10.1. The molecule has 26 heavy (non-hydrogen) atoms. The lowest BCUT2D eigenvalue weighted by Gasteiger charge is -2.31. The number of sulfonamides is 1. The lowest BCUT2D eigenvalue weighted by molar-refractivity contribution is 0.124. The molecule has 1 saturated heterocycles. The van der Waals surface area contributed by atoms with Crippen molar-refractivity contribution in [2.75, 3.05) is 19.7 Å². The van der Waals surface area contributed by atoms with Crippen molar-refractivity contribution in [2.45, 2.75) is 37.7 Å². The van der Waals surface area contributed by atoms with Gasteiger partial charge in [-0.15, -0.1) is 0 Å². The summed E-state index contributed by atoms with van der Waals surface area (Å²) in [6.45, 7) is 5.00. The van der Waals surface area contributed by atoms with E-state index in [1.807, 2.05) is 6.92 Å². The van der Waals surface area contributed by atoms with E-state index in [1.165, 1.54) is 4.31 Å². The molecule has 3 rings (SSSR count). The van der Waals surface area contributed by atoms with Gasteiger partial charge in [-0.25, -0.2) is 13.4 Å². The molecule has 0 radical (unpaired) electrons. The third-order valence-electron chi connectivity index (χ3n) is 4.15. The van der Waals surface area contributed by atoms with Crippen LogP contribution < -0.4 is 9.47 Å². The summed E-state index contributed by atoms with van der Waals surface area (Å²) in [7, 11) is -3.56. The number of aryl methyl sites for hydroxylation is 1. The zero-order chi connectivity index (χ0) is 18.6. The van der Waals surface area contributed by atoms with Gasteiger partial charge < -0.3 is 9.47 Å². The number of nitrogens with zero attached hydrogens (tertiary/aromatic N) is 3. The average Bonchev–Trinajstić information content (AvgIpc) is 2.63. The Labute approximate surface area is 154 Å². The molecule has 0 spiro atoms. The maximum atomic E-state index is 12.9. The smallest absolute Gasteiger partial charge is 0.243 e. The molecule has 0 N–H and O–H groups in total. The quantitative estimate of drug-likeness (QED) is 0.769. The molecule has 8 heteroatoms. The van der Waals surface area contributed by atoms with Gasteiger partial charge in [0.1, 0.15) is 17.7 Å². The maximum absolute atomic E-state index is 12.9. The zero-order valence-electron chi connectivity index (χ0n) is 15.0. The summed E-state index contributed by atoms with van der Waals surface area (Å²) in [6.07, 6.45) is 2.94. The Bertz CT molecular complexity index is 840. The maximum Gasteiger partial charge on any atom is 0.243 e. The Morgan fingerprint density at radius 2 is 2.00 bits per heavy atom. The summed E-state index contributed by atoms with van der Waals surface area (Å²) >= 11 is 0. The van der Waals surface area contributed by atoms with Crippen molar-refractivity contribution in [3.8, 4) is 11.6 Å². The number of hydrogen-bond donors (Lipinski definition) is 0. The Hall–Kier alpha value is -2.19. The van der Waals surface area contributed by atoms with Gasteiger partial charge in [-0.1, -0.05) is 0 Å². The number of ether oxygens (including phenoxy) is 2. The molecule has 0 amide bonds. The van der Waals surface area contributed by atoms with E-state index in [0.717, 1.165) is 12.8 Å². The van der Waals surface area contributed by atoms with Crippen LogP contribution in [0.4, 0.5) is 0 Å². The van der Waals surface area contributed by atoms with Crippen LogP contribution in [0.5, 0.6) is 11.6 Å². The first kappa shape index (κ1) is 18.6. The SMILES string of the molecule is CCOc1ccc(S(=O)(=O)N2CCCC(Oc3ccnc(C)n3)C2)cc1. The predicted molar refractivity (Wildman–Crippen MR) is 96.8 cm³/mol. The Morgan fingerprint density at radius 1 is 1.23 bits per heavy atom. The van der Waals surface area contributed by atoms with Gasteiger partial charge in [-0.2, -0.15) is 9.29 Å². The van der Waals surface area contributed by atoms with Crippen LogP contribution in [-0.4, -0.2) is 48.5 Å². The summed E-state index contributed by atoms with van der Waals surface area (Å²) in [5, 5.41) is 0. The Balaban J connectivity index is 1.71. The van der Waals surface area contributed by atoms with Crippen LogP contribution in [0.3, 0.4) is 0 Å². The highest BCUT2D eigenvalue weighted by Gasteiger charge is 2.31. The van der Waals surface area contributed by atoms with Crippen LogP contribution in [0.25, 0.3) is 0 Å². The molecule has 140 valence electrons. The second-order valence-corrected chi connectivity index (χ2v) is 8.03. The second-order valence-electron chi connectivity index (χ2n) is 6.09. The molecule has 1 aromatic heterocycles. The van der Waals surface area contributed by atoms with E-state index in [1.54, 1.807) is 43.5 Å². The summed E-state index contributed by atoms with van der Waals surface area (Å²) in [6, 6.07) is 8.21. The average molecular weight is 377 g/mol. The van der Waals surface area contributed by atoms with Crippen LogP contribution in [0.15, 0.2) is 41.4 Å². The van der Waals surface area contributed by atoms with E-state index in [-0.39, 0.29) is 11.0 Å². The first-order valence-electron chi connectivity index (χ1n) is 8.68. The molecule has 1 aromatic carbocycles. The molecule has 0 saturated carbocycles. The summed E-state index contributed by atoms with van der Waals surface area (Å²) in [5.74, 6) is 1.76. The highest BCUT2D eigenvalue weighted by Crippen LogP contribution is 2.24. The Kier molecular flexibility index (Phi) is 5.73. The third-order valence-corrected chi connectivity index (χ3v) is 6.03. The first-order valence-corrected chi connectivity index (χ1v) is 10.1. The van der Waals surface area contributed by atoms with Gasteiger partial charge in [0.15, 0.2) is 0 Å². The van der Waals surface area contributed by atoms with Crippen molar-refractivity contribution in [3.05, 3.63) is 42.4 Å². The molecule has 2 heterocycles. The van der Waals surface area contributed by atoms with Crippen LogP contribution in [-0.2, 0) is 10.0 Å². The topological polar surface area (TPSA) is 81.6 Å². The Morgan fingerprint density at radius 3 is 2.69 bits per heavy atom. The largest absolute Gasteiger partial charge is 0.494 e. The molecule has 0 aliphatic carbocycles. The molecular formula is C18H23N3O4S. The van der Waals surface area contributed by atoms with Crippen molar-refractivity contribution in [2.24, 2.45) is 0 Å². The number of benzene rings is 1. The fourth-order valence-corrected chi connectivity index (χ4v) is 4.42. The van der Waals surface area contributed by atoms with E-state index in [9.17, 15) is 8.42 Å². The van der Waals surface area contributed by atoms with Crippen molar-refractivity contribution < 1.29 is 17.9 Å². The second kappa shape index (κ2) is 8.01. The highest BCUT2D eigenvalue weighted by molar-refractivity contribution is 7.89. The highest BCUT2D eigenvalue weighted by atomic mass is 32.2. The zero-order valence-corrected chi connectivity index (χ0v) is 15.8. The van der Waals surface area contributed by atoms with E-state index < -0.39 is 10.0 Å². The van der Waals surface area contributed by atoms with Gasteiger partial charge in [0, 0.05) is 18.8 Å². The van der Waals surface area contributed by atoms with Gasteiger partial charge in [0.05, 0.1) is 18.0 Å². The van der Waals surface area contributed by atoms with Crippen LogP contribution in [0.1, 0.15) is 25.6 Å². The van der Waals surface area contributed by atoms with Gasteiger partial charge in [-0.05, 0) is 51.0 Å². The molecule has 0 bridgehead atoms. The van der Waals surface area contributed by atoms with Crippen LogP contribution >= 0.6 is 0 Å². The predicted octanol–water partition coefficient (Wildman–Crippen LogP) is 2.42. The van der Waals surface area contributed by atoms with Crippen LogP contribution in [0, 0.1) is 6.92 Å². The van der Waals surface area contributed by atoms with Crippen molar-refractivity contribution in [3.63, 3.8) is 0 Å². The van der Waals surface area contributed by atoms with E-state index in [2.05, 4.69) is 9.97 Å². The molecule has 1 atom stereocenters. The van der Waals surface area contributed by atoms with Crippen molar-refractivity contribution in [1.82, 2.24) is 14.3 Å². The summed E-state index contributed by atoms with van der Waals surface area (Å²) in [4.78, 5) is 8.53. The number of piperidine rings is 1. The third kappa shape index (κ3) is 4.31. The lowest BCUT2D eigenvalue weighted by Crippen LogP contribution is -2.44. The van der Waals surface area contributed by atoms with Gasteiger partial charge in [-0.3, -0.25) is 0 Å². The molecule has 1 unspecified atom stereocenters. The van der Waals surface area contributed by atoms with E-state index in [0.29, 0.717) is 37.2 Å². The number of rotatable bonds is 6. The number of hydrogen-bond acceptors (Lipinski definition) is 6. The molecular weight excluding hydrogens is 354 g/mol. The van der Waals surface area contributed by atoms with Crippen LogP contribution in [0.2, 0.25) is 0 Å². The summed E-state index contributed by atoms with van der Waals surface area (Å²) in [5.41, 5.74) is 0. The van der Waals surface area contributed by atoms with E-state index >= 15 is 0 Å². The van der Waals surface area contributed by atoms with Crippen molar-refractivity contribution >= 4 is 10.0 Å². The number of aromatic nitrogens is 2. The normalized spacial score (nSPS) is 18.5. The summed E-state index contributed by atoms with van der Waals surface area (Å²) < 4.78 is 38.5. The fraction of sp³-hybridized carbons (Fsp3) is 0.444. The molecule has 2 aromatic rings. The van der Waals surface area contributed by atoms with Gasteiger partial charge in [0.2, 0.25) is 15.9 Å². The minimum Gasteiger partial charge on any atom is -0.494 e. The fourth-order valence-electron chi connectivity index (χ4n) is 2.91. The van der Waals surface area contributed by atoms with E-state index in [4.69, 9.17) is 9.47 Å². The first-order chi connectivity index (χ1) is 12.5. The van der Waals surface area contributed by atoms with Gasteiger partial charge in [0.25, 0.3) is 0 Å².